The summed E-state index contributed by atoms with van der Waals surface area (Å²) in [6.45, 7) is 0.782. The van der Waals surface area contributed by atoms with Crippen molar-refractivity contribution < 1.29 is 9.84 Å². The van der Waals surface area contributed by atoms with Gasteiger partial charge in [0.1, 0.15) is 0 Å². The third kappa shape index (κ3) is 2.30. The molecule has 1 aromatic rings. The summed E-state index contributed by atoms with van der Waals surface area (Å²) in [7, 11) is 0. The average Bonchev–Trinajstić information content (AvgIpc) is 2.72. The Bertz CT molecular complexity index is 270. The largest absolute Gasteiger partial charge is 0.390 e. The maximum absolute atomic E-state index is 9.84. The molecule has 1 saturated heterocycles. The Hall–Kier alpha value is -0.930. The van der Waals surface area contributed by atoms with Crippen LogP contribution in [0.15, 0.2) is 24.4 Å². The van der Waals surface area contributed by atoms with Crippen molar-refractivity contribution in [1.29, 1.82) is 0 Å². The lowest BCUT2D eigenvalue weighted by Crippen LogP contribution is -2.27. The number of aliphatic hydroxyl groups is 1. The Morgan fingerprint density at radius 2 is 2.50 bits per heavy atom. The van der Waals surface area contributed by atoms with E-state index >= 15 is 0 Å². The van der Waals surface area contributed by atoms with E-state index < -0.39 is 6.10 Å². The first-order valence-corrected chi connectivity index (χ1v) is 5.06. The number of rotatable bonds is 3. The number of ether oxygens (including phenoxy) is 1. The lowest BCUT2D eigenvalue weighted by Gasteiger charge is -2.16. The van der Waals surface area contributed by atoms with Crippen molar-refractivity contribution in [3.63, 3.8) is 0 Å². The highest BCUT2D eigenvalue weighted by Crippen LogP contribution is 2.17. The van der Waals surface area contributed by atoms with Gasteiger partial charge in [0, 0.05) is 24.9 Å². The smallest absolute Gasteiger partial charge is 0.0857 e. The van der Waals surface area contributed by atoms with Gasteiger partial charge in [-0.15, -0.1) is 0 Å². The first kappa shape index (κ1) is 9.62. The van der Waals surface area contributed by atoms with Gasteiger partial charge in [0.2, 0.25) is 0 Å². The molecule has 1 fully saturated rings. The van der Waals surface area contributed by atoms with E-state index in [1.807, 2.05) is 18.2 Å². The van der Waals surface area contributed by atoms with Gasteiger partial charge in [-0.3, -0.25) is 4.98 Å². The quantitative estimate of drug-likeness (QED) is 0.783. The van der Waals surface area contributed by atoms with Crippen molar-refractivity contribution in [2.45, 2.75) is 31.5 Å². The molecule has 0 radical (unpaired) electrons. The maximum atomic E-state index is 9.84. The van der Waals surface area contributed by atoms with E-state index in [9.17, 15) is 5.11 Å². The highest BCUT2D eigenvalue weighted by atomic mass is 16.5. The lowest BCUT2D eigenvalue weighted by molar-refractivity contribution is -0.00121. The van der Waals surface area contributed by atoms with Gasteiger partial charge >= 0.3 is 0 Å². The first-order chi connectivity index (χ1) is 6.86. The summed E-state index contributed by atoms with van der Waals surface area (Å²) in [4.78, 5) is 4.17. The molecule has 3 heteroatoms. The summed E-state index contributed by atoms with van der Waals surface area (Å²) in [5.41, 5.74) is 0.926. The van der Waals surface area contributed by atoms with Crippen LogP contribution >= 0.6 is 0 Å². The van der Waals surface area contributed by atoms with Crippen molar-refractivity contribution >= 4 is 0 Å². The van der Waals surface area contributed by atoms with Gasteiger partial charge in [-0.1, -0.05) is 6.07 Å². The van der Waals surface area contributed by atoms with E-state index in [-0.39, 0.29) is 6.10 Å². The Morgan fingerprint density at radius 3 is 3.14 bits per heavy atom. The van der Waals surface area contributed by atoms with Crippen LogP contribution in [0.2, 0.25) is 0 Å². The molecule has 0 bridgehead atoms. The minimum absolute atomic E-state index is 0.0111. The van der Waals surface area contributed by atoms with Crippen LogP contribution in [0.1, 0.15) is 18.5 Å². The van der Waals surface area contributed by atoms with E-state index in [0.29, 0.717) is 6.42 Å². The van der Waals surface area contributed by atoms with Gasteiger partial charge < -0.3 is 9.84 Å². The Balaban J connectivity index is 1.90. The van der Waals surface area contributed by atoms with E-state index in [1.165, 1.54) is 0 Å². The Kier molecular flexibility index (Phi) is 3.11. The van der Waals surface area contributed by atoms with Crippen molar-refractivity contribution in [1.82, 2.24) is 4.98 Å². The van der Waals surface area contributed by atoms with Gasteiger partial charge in [0.05, 0.1) is 12.2 Å². The third-order valence-electron chi connectivity index (χ3n) is 2.54. The predicted octanol–water partition coefficient (Wildman–Crippen LogP) is 1.16. The Morgan fingerprint density at radius 1 is 1.57 bits per heavy atom. The molecular formula is C11H15NO2. The number of pyridine rings is 1. The fraction of sp³-hybridized carbons (Fsp3) is 0.545. The van der Waals surface area contributed by atoms with E-state index in [4.69, 9.17) is 4.74 Å². The van der Waals surface area contributed by atoms with E-state index in [1.54, 1.807) is 6.20 Å². The van der Waals surface area contributed by atoms with Crippen molar-refractivity contribution in [2.24, 2.45) is 0 Å². The molecule has 1 aliphatic heterocycles. The van der Waals surface area contributed by atoms with Crippen LogP contribution in [0, 0.1) is 0 Å². The second-order valence-corrected chi connectivity index (χ2v) is 3.64. The minimum Gasteiger partial charge on any atom is -0.390 e. The first-order valence-electron chi connectivity index (χ1n) is 5.06. The zero-order chi connectivity index (χ0) is 9.80. The topological polar surface area (TPSA) is 42.4 Å². The summed E-state index contributed by atoms with van der Waals surface area (Å²) < 4.78 is 5.41. The predicted molar refractivity (Wildman–Crippen MR) is 52.9 cm³/mol. The Labute approximate surface area is 83.7 Å². The van der Waals surface area contributed by atoms with Crippen LogP contribution in [0.3, 0.4) is 0 Å². The number of aliphatic hydroxyl groups excluding tert-OH is 1. The number of hydrogen-bond donors (Lipinski definition) is 1. The molecule has 2 heterocycles. The van der Waals surface area contributed by atoms with Crippen molar-refractivity contribution in [2.75, 3.05) is 6.61 Å². The standard InChI is InChI=1S/C11H15NO2/c13-10(11-5-3-7-14-11)8-9-4-1-2-6-12-9/h1-2,4,6,10-11,13H,3,5,7-8H2. The highest BCUT2D eigenvalue weighted by molar-refractivity contribution is 5.05. The van der Waals surface area contributed by atoms with E-state index in [0.717, 1.165) is 25.1 Å². The molecule has 0 saturated carbocycles. The van der Waals surface area contributed by atoms with Gasteiger partial charge in [0.25, 0.3) is 0 Å². The number of hydrogen-bond acceptors (Lipinski definition) is 3. The van der Waals surface area contributed by atoms with Crippen LogP contribution in [-0.4, -0.2) is 28.9 Å². The monoisotopic (exact) mass is 193 g/mol. The zero-order valence-electron chi connectivity index (χ0n) is 8.10. The molecule has 0 aromatic carbocycles. The van der Waals surface area contributed by atoms with Crippen molar-refractivity contribution in [3.8, 4) is 0 Å². The molecule has 1 aliphatic rings. The van der Waals surface area contributed by atoms with Gasteiger partial charge in [-0.25, -0.2) is 0 Å². The van der Waals surface area contributed by atoms with E-state index in [2.05, 4.69) is 4.98 Å². The molecule has 1 N–H and O–H groups in total. The molecule has 2 rings (SSSR count). The molecule has 0 aliphatic carbocycles. The second-order valence-electron chi connectivity index (χ2n) is 3.64. The molecule has 2 unspecified atom stereocenters. The summed E-state index contributed by atoms with van der Waals surface area (Å²) in [5.74, 6) is 0. The SMILES string of the molecule is OC(Cc1ccccn1)C1CCCO1. The zero-order valence-corrected chi connectivity index (χ0v) is 8.10. The summed E-state index contributed by atoms with van der Waals surface area (Å²) in [6, 6.07) is 5.74. The number of nitrogens with zero attached hydrogens (tertiary/aromatic N) is 1. The highest BCUT2D eigenvalue weighted by Gasteiger charge is 2.24. The van der Waals surface area contributed by atoms with Crippen LogP contribution in [0.5, 0.6) is 0 Å². The molecular weight excluding hydrogens is 178 g/mol. The van der Waals surface area contributed by atoms with Crippen LogP contribution in [0.4, 0.5) is 0 Å². The fourth-order valence-corrected chi connectivity index (χ4v) is 1.77. The minimum atomic E-state index is -0.410. The third-order valence-corrected chi connectivity index (χ3v) is 2.54. The molecule has 0 amide bonds. The second kappa shape index (κ2) is 4.53. The molecule has 2 atom stereocenters. The normalized spacial score (nSPS) is 23.6. The van der Waals surface area contributed by atoms with Crippen LogP contribution < -0.4 is 0 Å². The molecule has 76 valence electrons. The van der Waals surface area contributed by atoms with Crippen molar-refractivity contribution in [3.05, 3.63) is 30.1 Å². The summed E-state index contributed by atoms with van der Waals surface area (Å²) in [6.07, 6.45) is 3.96. The summed E-state index contributed by atoms with van der Waals surface area (Å²) in [5, 5.41) is 9.84. The van der Waals surface area contributed by atoms with Crippen LogP contribution in [0.25, 0.3) is 0 Å². The lowest BCUT2D eigenvalue weighted by atomic mass is 10.1. The summed E-state index contributed by atoms with van der Waals surface area (Å²) >= 11 is 0. The van der Waals surface area contributed by atoms with Gasteiger partial charge in [0.15, 0.2) is 0 Å². The number of aromatic nitrogens is 1. The molecule has 1 aromatic heterocycles. The van der Waals surface area contributed by atoms with Gasteiger partial charge in [-0.2, -0.15) is 0 Å². The fourth-order valence-electron chi connectivity index (χ4n) is 1.77. The average molecular weight is 193 g/mol. The maximum Gasteiger partial charge on any atom is 0.0857 e. The molecule has 3 nitrogen and oxygen atoms in total. The molecule has 14 heavy (non-hydrogen) atoms. The van der Waals surface area contributed by atoms with Gasteiger partial charge in [-0.05, 0) is 25.0 Å². The molecule has 0 spiro atoms. The van der Waals surface area contributed by atoms with Crippen LogP contribution in [-0.2, 0) is 11.2 Å².